The summed E-state index contributed by atoms with van der Waals surface area (Å²) in [6.45, 7) is 1.94. The normalized spacial score (nSPS) is 9.95. The molecule has 1 rings (SSSR count). The smallest absolute Gasteiger partial charge is 0.323 e. The molecular weight excluding hydrogens is 328 g/mol. The standard InChI is InChI=1S/C13H17BrN2O4/c1-3-6-16(8-12(17)18)13(19)15-9-4-5-11(20-2)10(14)7-9/h4-5,7H,3,6,8H2,1-2H3,(H,15,19)(H,17,18). The van der Waals surface area contributed by atoms with Crippen LogP contribution in [-0.2, 0) is 4.79 Å². The van der Waals surface area contributed by atoms with E-state index in [-0.39, 0.29) is 6.54 Å². The van der Waals surface area contributed by atoms with Gasteiger partial charge in [0.05, 0.1) is 11.6 Å². The van der Waals surface area contributed by atoms with E-state index in [2.05, 4.69) is 21.2 Å². The van der Waals surface area contributed by atoms with E-state index in [4.69, 9.17) is 9.84 Å². The van der Waals surface area contributed by atoms with Crippen molar-refractivity contribution in [1.82, 2.24) is 4.90 Å². The predicted molar refractivity (Wildman–Crippen MR) is 79.2 cm³/mol. The monoisotopic (exact) mass is 344 g/mol. The highest BCUT2D eigenvalue weighted by atomic mass is 79.9. The Balaban J connectivity index is 2.76. The molecule has 0 aromatic heterocycles. The van der Waals surface area contributed by atoms with Crippen LogP contribution in [0.5, 0.6) is 5.75 Å². The van der Waals surface area contributed by atoms with Gasteiger partial charge in [0.1, 0.15) is 12.3 Å². The maximum Gasteiger partial charge on any atom is 0.323 e. The molecule has 0 radical (unpaired) electrons. The number of halogens is 1. The number of ether oxygens (including phenoxy) is 1. The van der Waals surface area contributed by atoms with Crippen molar-refractivity contribution in [1.29, 1.82) is 0 Å². The fourth-order valence-corrected chi connectivity index (χ4v) is 2.17. The molecule has 0 saturated heterocycles. The first kappa shape index (κ1) is 16.3. The molecule has 110 valence electrons. The van der Waals surface area contributed by atoms with Gasteiger partial charge in [-0.05, 0) is 40.5 Å². The molecule has 0 aliphatic rings. The highest BCUT2D eigenvalue weighted by molar-refractivity contribution is 9.10. The van der Waals surface area contributed by atoms with Gasteiger partial charge < -0.3 is 20.1 Å². The minimum atomic E-state index is -1.04. The van der Waals surface area contributed by atoms with E-state index < -0.39 is 12.0 Å². The summed E-state index contributed by atoms with van der Waals surface area (Å²) < 4.78 is 5.80. The van der Waals surface area contributed by atoms with E-state index in [1.165, 1.54) is 4.90 Å². The second-order valence-electron chi connectivity index (χ2n) is 4.09. The number of carboxylic acids is 1. The average Bonchev–Trinajstić information content (AvgIpc) is 2.38. The number of hydrogen-bond donors (Lipinski definition) is 2. The Bertz CT molecular complexity index is 493. The average molecular weight is 345 g/mol. The lowest BCUT2D eigenvalue weighted by Gasteiger charge is -2.20. The summed E-state index contributed by atoms with van der Waals surface area (Å²) in [5.41, 5.74) is 0.564. The summed E-state index contributed by atoms with van der Waals surface area (Å²) >= 11 is 3.32. The lowest BCUT2D eigenvalue weighted by Crippen LogP contribution is -2.39. The molecule has 0 saturated carbocycles. The molecule has 0 atom stereocenters. The maximum atomic E-state index is 12.0. The van der Waals surface area contributed by atoms with Gasteiger partial charge in [-0.25, -0.2) is 4.79 Å². The van der Waals surface area contributed by atoms with Crippen LogP contribution in [0, 0.1) is 0 Å². The van der Waals surface area contributed by atoms with E-state index in [0.717, 1.165) is 0 Å². The van der Waals surface area contributed by atoms with Crippen LogP contribution in [-0.4, -0.2) is 42.2 Å². The Morgan fingerprint density at radius 2 is 2.15 bits per heavy atom. The SMILES string of the molecule is CCCN(CC(=O)O)C(=O)Nc1ccc(OC)c(Br)c1. The highest BCUT2D eigenvalue weighted by Crippen LogP contribution is 2.27. The molecule has 0 heterocycles. The largest absolute Gasteiger partial charge is 0.496 e. The number of nitrogens with zero attached hydrogens (tertiary/aromatic N) is 1. The molecule has 0 aliphatic heterocycles. The van der Waals surface area contributed by atoms with Gasteiger partial charge in [-0.1, -0.05) is 6.92 Å². The summed E-state index contributed by atoms with van der Waals surface area (Å²) in [7, 11) is 1.55. The van der Waals surface area contributed by atoms with E-state index in [9.17, 15) is 9.59 Å². The first-order chi connectivity index (χ1) is 9.47. The number of amides is 2. The lowest BCUT2D eigenvalue weighted by atomic mass is 10.3. The number of hydrogen-bond acceptors (Lipinski definition) is 3. The summed E-state index contributed by atoms with van der Waals surface area (Å²) in [4.78, 5) is 24.0. The van der Waals surface area contributed by atoms with Crippen molar-refractivity contribution in [3.05, 3.63) is 22.7 Å². The van der Waals surface area contributed by atoms with Gasteiger partial charge in [0, 0.05) is 12.2 Å². The first-order valence-electron chi connectivity index (χ1n) is 6.09. The number of carboxylic acid groups (broad SMARTS) is 1. The van der Waals surface area contributed by atoms with Crippen LogP contribution in [0.15, 0.2) is 22.7 Å². The molecule has 0 aliphatic carbocycles. The Kier molecular flexibility index (Phi) is 6.30. The van der Waals surface area contributed by atoms with Crippen molar-refractivity contribution in [3.63, 3.8) is 0 Å². The molecule has 2 N–H and O–H groups in total. The zero-order chi connectivity index (χ0) is 15.1. The summed E-state index contributed by atoms with van der Waals surface area (Å²) in [6, 6.07) is 4.65. The van der Waals surface area contributed by atoms with Gasteiger partial charge >= 0.3 is 12.0 Å². The van der Waals surface area contributed by atoms with Gasteiger partial charge in [0.2, 0.25) is 0 Å². The number of aliphatic carboxylic acids is 1. The number of rotatable bonds is 6. The number of urea groups is 1. The Labute approximate surface area is 125 Å². The number of nitrogens with one attached hydrogen (secondary N) is 1. The van der Waals surface area contributed by atoms with Gasteiger partial charge in [0.25, 0.3) is 0 Å². The van der Waals surface area contributed by atoms with Crippen LogP contribution in [0.4, 0.5) is 10.5 Å². The zero-order valence-electron chi connectivity index (χ0n) is 11.4. The zero-order valence-corrected chi connectivity index (χ0v) is 12.9. The molecule has 0 spiro atoms. The summed E-state index contributed by atoms with van der Waals surface area (Å²) in [5.74, 6) is -0.386. The minimum Gasteiger partial charge on any atom is -0.496 e. The van der Waals surface area contributed by atoms with Crippen molar-refractivity contribution in [2.75, 3.05) is 25.5 Å². The summed E-state index contributed by atoms with van der Waals surface area (Å²) in [6.07, 6.45) is 0.688. The van der Waals surface area contributed by atoms with Crippen molar-refractivity contribution in [2.24, 2.45) is 0 Å². The molecule has 1 aromatic rings. The van der Waals surface area contributed by atoms with Crippen LogP contribution in [0.1, 0.15) is 13.3 Å². The summed E-state index contributed by atoms with van der Waals surface area (Å²) in [5, 5.41) is 11.5. The lowest BCUT2D eigenvalue weighted by molar-refractivity contribution is -0.137. The fraction of sp³-hybridized carbons (Fsp3) is 0.385. The van der Waals surface area contributed by atoms with Crippen LogP contribution >= 0.6 is 15.9 Å². The molecule has 0 bridgehead atoms. The van der Waals surface area contributed by atoms with E-state index in [1.54, 1.807) is 25.3 Å². The van der Waals surface area contributed by atoms with Crippen LogP contribution in [0.3, 0.4) is 0 Å². The molecule has 6 nitrogen and oxygen atoms in total. The van der Waals surface area contributed by atoms with Gasteiger partial charge in [-0.3, -0.25) is 4.79 Å². The maximum absolute atomic E-state index is 12.0. The second kappa shape index (κ2) is 7.74. The molecule has 0 fully saturated rings. The van der Waals surface area contributed by atoms with Gasteiger partial charge in [-0.15, -0.1) is 0 Å². The van der Waals surface area contributed by atoms with E-state index >= 15 is 0 Å². The fourth-order valence-electron chi connectivity index (χ4n) is 1.63. The second-order valence-corrected chi connectivity index (χ2v) is 4.95. The third-order valence-corrected chi connectivity index (χ3v) is 3.13. The van der Waals surface area contributed by atoms with Crippen LogP contribution in [0.2, 0.25) is 0 Å². The van der Waals surface area contributed by atoms with E-state index in [1.807, 2.05) is 6.92 Å². The molecule has 0 unspecified atom stereocenters. The molecule has 7 heteroatoms. The van der Waals surface area contributed by atoms with Gasteiger partial charge in [-0.2, -0.15) is 0 Å². The van der Waals surface area contributed by atoms with Crippen LogP contribution < -0.4 is 10.1 Å². The molecule has 2 amide bonds. The Hall–Kier alpha value is -1.76. The Morgan fingerprint density at radius 3 is 2.65 bits per heavy atom. The van der Waals surface area contributed by atoms with Crippen LogP contribution in [0.25, 0.3) is 0 Å². The van der Waals surface area contributed by atoms with Crippen molar-refractivity contribution in [2.45, 2.75) is 13.3 Å². The number of benzene rings is 1. The number of anilines is 1. The van der Waals surface area contributed by atoms with E-state index in [0.29, 0.717) is 28.9 Å². The number of carbonyl (C=O) groups excluding carboxylic acids is 1. The minimum absolute atomic E-state index is 0.322. The molecule has 1 aromatic carbocycles. The number of carbonyl (C=O) groups is 2. The third kappa shape index (κ3) is 4.73. The highest BCUT2D eigenvalue weighted by Gasteiger charge is 2.16. The molecular formula is C13H17BrN2O4. The first-order valence-corrected chi connectivity index (χ1v) is 6.88. The quantitative estimate of drug-likeness (QED) is 0.831. The third-order valence-electron chi connectivity index (χ3n) is 2.51. The Morgan fingerprint density at radius 1 is 1.45 bits per heavy atom. The van der Waals surface area contributed by atoms with Crippen molar-refractivity contribution >= 4 is 33.6 Å². The topological polar surface area (TPSA) is 78.9 Å². The van der Waals surface area contributed by atoms with Crippen molar-refractivity contribution in [3.8, 4) is 5.75 Å². The van der Waals surface area contributed by atoms with Crippen molar-refractivity contribution < 1.29 is 19.4 Å². The predicted octanol–water partition coefficient (Wildman–Crippen LogP) is 2.79. The molecule has 20 heavy (non-hydrogen) atoms. The number of methoxy groups -OCH3 is 1. The van der Waals surface area contributed by atoms with Gasteiger partial charge in [0.15, 0.2) is 0 Å².